The first kappa shape index (κ1) is 25.2. The second-order valence-corrected chi connectivity index (χ2v) is 10.1. The van der Waals surface area contributed by atoms with Gasteiger partial charge in [0.25, 0.3) is 5.56 Å². The summed E-state index contributed by atoms with van der Waals surface area (Å²) in [7, 11) is 3.15. The molecule has 1 aromatic carbocycles. The van der Waals surface area contributed by atoms with E-state index in [-0.39, 0.29) is 23.1 Å². The first-order valence-electron chi connectivity index (χ1n) is 13.0. The smallest absolute Gasteiger partial charge is 0.332 e. The summed E-state index contributed by atoms with van der Waals surface area (Å²) in [6, 6.07) is 12.3. The van der Waals surface area contributed by atoms with Crippen LogP contribution >= 0.6 is 0 Å². The summed E-state index contributed by atoms with van der Waals surface area (Å²) in [5.74, 6) is 1.31. The number of nitrogens with one attached hydrogen (secondary N) is 1. The van der Waals surface area contributed by atoms with Gasteiger partial charge in [0.15, 0.2) is 0 Å². The normalized spacial score (nSPS) is 19.6. The summed E-state index contributed by atoms with van der Waals surface area (Å²) >= 11 is 0. The van der Waals surface area contributed by atoms with E-state index in [1.807, 2.05) is 4.90 Å². The van der Waals surface area contributed by atoms with E-state index in [2.05, 4.69) is 40.5 Å². The third kappa shape index (κ3) is 6.42. The molecular weight excluding hydrogens is 442 g/mol. The molecule has 2 fully saturated rings. The number of nitrogens with zero attached hydrogens (tertiary/aromatic N) is 4. The molecule has 0 bridgehead atoms. The van der Waals surface area contributed by atoms with Gasteiger partial charge in [0.2, 0.25) is 5.91 Å². The summed E-state index contributed by atoms with van der Waals surface area (Å²) in [5, 5.41) is 3.13. The van der Waals surface area contributed by atoms with E-state index in [1.54, 1.807) is 7.05 Å². The summed E-state index contributed by atoms with van der Waals surface area (Å²) in [4.78, 5) is 41.8. The number of piperidine rings is 2. The predicted molar refractivity (Wildman–Crippen MR) is 139 cm³/mol. The molecule has 0 radical (unpaired) electrons. The van der Waals surface area contributed by atoms with Crippen molar-refractivity contribution in [1.29, 1.82) is 0 Å². The second-order valence-electron chi connectivity index (χ2n) is 10.1. The summed E-state index contributed by atoms with van der Waals surface area (Å²) in [6.45, 7) is 5.25. The zero-order valence-corrected chi connectivity index (χ0v) is 21.1. The maximum atomic E-state index is 12.8. The van der Waals surface area contributed by atoms with Gasteiger partial charge in [-0.05, 0) is 69.6 Å². The molecule has 0 unspecified atom stereocenters. The van der Waals surface area contributed by atoms with Crippen LogP contribution in [0.3, 0.4) is 0 Å². The largest absolute Gasteiger partial charge is 0.357 e. The number of hydrogen-bond donors (Lipinski definition) is 1. The Morgan fingerprint density at radius 1 is 1.00 bits per heavy atom. The van der Waals surface area contributed by atoms with Crippen molar-refractivity contribution in [3.8, 4) is 0 Å². The summed E-state index contributed by atoms with van der Waals surface area (Å²) < 4.78 is 2.59. The minimum absolute atomic E-state index is 0.0742. The van der Waals surface area contributed by atoms with Crippen LogP contribution in [0, 0.1) is 11.8 Å². The first-order valence-corrected chi connectivity index (χ1v) is 13.0. The molecule has 0 spiro atoms. The van der Waals surface area contributed by atoms with Gasteiger partial charge in [0.05, 0.1) is 5.92 Å². The van der Waals surface area contributed by atoms with E-state index in [1.165, 1.54) is 42.5 Å². The molecule has 1 atom stereocenters. The van der Waals surface area contributed by atoms with E-state index in [4.69, 9.17) is 0 Å². The Morgan fingerprint density at radius 3 is 2.49 bits per heavy atom. The van der Waals surface area contributed by atoms with Gasteiger partial charge in [-0.1, -0.05) is 30.3 Å². The predicted octanol–water partition coefficient (Wildman–Crippen LogP) is 1.76. The van der Waals surface area contributed by atoms with Crippen LogP contribution in [0.15, 0.2) is 46.0 Å². The topological polar surface area (TPSA) is 79.6 Å². The molecule has 1 aromatic heterocycles. The Labute approximate surface area is 207 Å². The van der Waals surface area contributed by atoms with Crippen LogP contribution in [0.2, 0.25) is 0 Å². The van der Waals surface area contributed by atoms with Gasteiger partial charge < -0.3 is 15.1 Å². The van der Waals surface area contributed by atoms with Crippen molar-refractivity contribution < 1.29 is 4.79 Å². The van der Waals surface area contributed by atoms with Crippen molar-refractivity contribution in [3.63, 3.8) is 0 Å². The molecule has 2 saturated heterocycles. The highest BCUT2D eigenvalue weighted by Gasteiger charge is 2.27. The van der Waals surface area contributed by atoms with Crippen LogP contribution in [-0.2, 0) is 25.3 Å². The molecule has 0 saturated carbocycles. The molecule has 190 valence electrons. The fourth-order valence-electron chi connectivity index (χ4n) is 5.44. The highest BCUT2D eigenvalue weighted by molar-refractivity contribution is 5.79. The Kier molecular flexibility index (Phi) is 8.44. The number of rotatable bonds is 8. The average Bonchev–Trinajstić information content (AvgIpc) is 2.89. The maximum absolute atomic E-state index is 12.8. The van der Waals surface area contributed by atoms with E-state index in [9.17, 15) is 14.4 Å². The minimum Gasteiger partial charge on any atom is -0.357 e. The highest BCUT2D eigenvalue weighted by Crippen LogP contribution is 2.23. The fourth-order valence-corrected chi connectivity index (χ4v) is 5.44. The monoisotopic (exact) mass is 481 g/mol. The molecule has 2 aliphatic heterocycles. The van der Waals surface area contributed by atoms with Gasteiger partial charge in [-0.3, -0.25) is 18.7 Å². The number of carbonyl (C=O) groups excluding carboxylic acids is 1. The van der Waals surface area contributed by atoms with E-state index in [0.717, 1.165) is 55.9 Å². The Morgan fingerprint density at radius 2 is 1.74 bits per heavy atom. The lowest BCUT2D eigenvalue weighted by molar-refractivity contribution is -0.125. The fraction of sp³-hybridized carbons (Fsp3) is 0.593. The molecule has 35 heavy (non-hydrogen) atoms. The first-order chi connectivity index (χ1) is 16.9. The van der Waals surface area contributed by atoms with Gasteiger partial charge in [0.1, 0.15) is 5.82 Å². The lowest BCUT2D eigenvalue weighted by Gasteiger charge is -2.34. The van der Waals surface area contributed by atoms with E-state index >= 15 is 0 Å². The van der Waals surface area contributed by atoms with Crippen LogP contribution in [0.1, 0.15) is 37.7 Å². The van der Waals surface area contributed by atoms with Gasteiger partial charge in [-0.2, -0.15) is 0 Å². The Bertz CT molecular complexity index is 1100. The van der Waals surface area contributed by atoms with Crippen molar-refractivity contribution >= 4 is 11.7 Å². The number of hydrogen-bond acceptors (Lipinski definition) is 5. The molecular formula is C27H39N5O3. The number of carbonyl (C=O) groups is 1. The third-order valence-corrected chi connectivity index (χ3v) is 7.64. The third-order valence-electron chi connectivity index (χ3n) is 7.64. The molecule has 2 aliphatic rings. The van der Waals surface area contributed by atoms with Crippen LogP contribution in [0.4, 0.5) is 5.82 Å². The number of likely N-dealkylation sites (tertiary alicyclic amines) is 1. The second kappa shape index (κ2) is 11.7. The van der Waals surface area contributed by atoms with Crippen LogP contribution in [0.25, 0.3) is 0 Å². The number of anilines is 1. The maximum Gasteiger partial charge on any atom is 0.332 e. The van der Waals surface area contributed by atoms with Crippen molar-refractivity contribution in [2.75, 3.05) is 44.2 Å². The van der Waals surface area contributed by atoms with Gasteiger partial charge in [-0.15, -0.1) is 0 Å². The van der Waals surface area contributed by atoms with E-state index < -0.39 is 0 Å². The van der Waals surface area contributed by atoms with Gasteiger partial charge in [-0.25, -0.2) is 4.79 Å². The standard InChI is InChI=1S/C27H39N5O3/c1-29-24(19-25(33)30(2)27(29)35)32-15-6-10-23(20-32)26(34)28-13-7-14-31-16-11-22(12-17-31)18-21-8-4-3-5-9-21/h3-5,8-9,19,22-23H,6-7,10-18,20H2,1-2H3,(H,28,34)/t23-/m0/s1. The molecule has 0 aliphatic carbocycles. The molecule has 8 heteroatoms. The van der Waals surface area contributed by atoms with Crippen LogP contribution in [-0.4, -0.2) is 59.2 Å². The lowest BCUT2D eigenvalue weighted by atomic mass is 9.90. The van der Waals surface area contributed by atoms with Crippen molar-refractivity contribution in [1.82, 2.24) is 19.4 Å². The minimum atomic E-state index is -0.344. The Balaban J connectivity index is 1.18. The lowest BCUT2D eigenvalue weighted by Crippen LogP contribution is -2.47. The molecule has 2 aromatic rings. The SMILES string of the molecule is Cn1c(N2CCC[C@H](C(=O)NCCCN3CCC(Cc4ccccc4)CC3)C2)cc(=O)n(C)c1=O. The Hall–Kier alpha value is -2.87. The zero-order valence-electron chi connectivity index (χ0n) is 21.1. The molecule has 1 N–H and O–H groups in total. The zero-order chi connectivity index (χ0) is 24.8. The average molecular weight is 482 g/mol. The van der Waals surface area contributed by atoms with Crippen molar-refractivity contribution in [3.05, 3.63) is 62.8 Å². The summed E-state index contributed by atoms with van der Waals surface area (Å²) in [5.41, 5.74) is 0.772. The van der Waals surface area contributed by atoms with Crippen LogP contribution in [0.5, 0.6) is 0 Å². The number of amides is 1. The van der Waals surface area contributed by atoms with Gasteiger partial charge >= 0.3 is 5.69 Å². The molecule has 3 heterocycles. The number of benzene rings is 1. The molecule has 8 nitrogen and oxygen atoms in total. The van der Waals surface area contributed by atoms with E-state index in [0.29, 0.717) is 18.9 Å². The molecule has 4 rings (SSSR count). The van der Waals surface area contributed by atoms with Crippen molar-refractivity contribution in [2.24, 2.45) is 25.9 Å². The van der Waals surface area contributed by atoms with Gasteiger partial charge in [0, 0.05) is 39.8 Å². The summed E-state index contributed by atoms with van der Waals surface area (Å²) in [6.07, 6.45) is 6.30. The van der Waals surface area contributed by atoms with Crippen molar-refractivity contribution in [2.45, 2.75) is 38.5 Å². The number of aromatic nitrogens is 2. The highest BCUT2D eigenvalue weighted by atomic mass is 16.2. The van der Waals surface area contributed by atoms with Crippen LogP contribution < -0.4 is 21.5 Å². The quantitative estimate of drug-likeness (QED) is 0.582. The molecule has 1 amide bonds.